The first-order chi connectivity index (χ1) is 9.89. The molecule has 0 unspecified atom stereocenters. The number of benzene rings is 1. The van der Waals surface area contributed by atoms with Crippen LogP contribution in [0.25, 0.3) is 0 Å². The van der Waals surface area contributed by atoms with Crippen molar-refractivity contribution in [1.29, 1.82) is 0 Å². The quantitative estimate of drug-likeness (QED) is 0.917. The van der Waals surface area contributed by atoms with Crippen LogP contribution in [0.1, 0.15) is 37.0 Å². The summed E-state index contributed by atoms with van der Waals surface area (Å²) in [6, 6.07) is 8.26. The maximum Gasteiger partial charge on any atom is 0.0938 e. The zero-order valence-corrected chi connectivity index (χ0v) is 14.3. The van der Waals surface area contributed by atoms with Crippen LogP contribution in [0, 0.1) is 0 Å². The zero-order chi connectivity index (χ0) is 15.1. The van der Waals surface area contributed by atoms with Crippen molar-refractivity contribution in [2.45, 2.75) is 38.0 Å². The standard InChI is InChI=1S/C17H21ClN2S/c1-16(2,3)14-9-21-15(20-14)8-17(10-19-11-17)12-5-4-6-13(18)7-12/h4-7,9,19H,8,10-11H2,1-3H3. The van der Waals surface area contributed by atoms with E-state index in [2.05, 4.69) is 43.6 Å². The molecule has 0 aliphatic carbocycles. The van der Waals surface area contributed by atoms with Gasteiger partial charge in [-0.2, -0.15) is 0 Å². The minimum Gasteiger partial charge on any atom is -0.315 e. The maximum atomic E-state index is 6.17. The lowest BCUT2D eigenvalue weighted by atomic mass is 9.73. The summed E-state index contributed by atoms with van der Waals surface area (Å²) < 4.78 is 0. The van der Waals surface area contributed by atoms with E-state index in [1.165, 1.54) is 16.3 Å². The first-order valence-electron chi connectivity index (χ1n) is 7.31. The van der Waals surface area contributed by atoms with Gasteiger partial charge in [0, 0.05) is 40.7 Å². The van der Waals surface area contributed by atoms with Crippen molar-refractivity contribution in [3.8, 4) is 0 Å². The monoisotopic (exact) mass is 320 g/mol. The Hall–Kier alpha value is -0.900. The fourth-order valence-corrected chi connectivity index (χ4v) is 4.06. The van der Waals surface area contributed by atoms with Gasteiger partial charge in [0.25, 0.3) is 0 Å². The Kier molecular flexibility index (Phi) is 3.85. The number of hydrogen-bond donors (Lipinski definition) is 1. The van der Waals surface area contributed by atoms with Crippen molar-refractivity contribution in [3.05, 3.63) is 50.9 Å². The van der Waals surface area contributed by atoms with Crippen LogP contribution in [0.4, 0.5) is 0 Å². The molecule has 1 saturated heterocycles. The number of halogens is 1. The van der Waals surface area contributed by atoms with E-state index in [-0.39, 0.29) is 10.8 Å². The van der Waals surface area contributed by atoms with Gasteiger partial charge in [-0.05, 0) is 17.7 Å². The molecule has 21 heavy (non-hydrogen) atoms. The van der Waals surface area contributed by atoms with Crippen LogP contribution in [-0.4, -0.2) is 18.1 Å². The molecule has 1 fully saturated rings. The number of nitrogens with zero attached hydrogens (tertiary/aromatic N) is 1. The first-order valence-corrected chi connectivity index (χ1v) is 8.57. The predicted octanol–water partition coefficient (Wildman–Crippen LogP) is 4.18. The molecule has 0 radical (unpaired) electrons. The molecular weight excluding hydrogens is 300 g/mol. The van der Waals surface area contributed by atoms with E-state index in [0.29, 0.717) is 0 Å². The lowest BCUT2D eigenvalue weighted by Crippen LogP contribution is -2.58. The average molecular weight is 321 g/mol. The zero-order valence-electron chi connectivity index (χ0n) is 12.7. The van der Waals surface area contributed by atoms with Crippen LogP contribution in [0.3, 0.4) is 0 Å². The van der Waals surface area contributed by atoms with E-state index in [1.807, 2.05) is 12.1 Å². The van der Waals surface area contributed by atoms with Gasteiger partial charge in [-0.25, -0.2) is 4.98 Å². The minimum absolute atomic E-state index is 0.121. The largest absolute Gasteiger partial charge is 0.315 e. The van der Waals surface area contributed by atoms with Crippen molar-refractivity contribution >= 4 is 22.9 Å². The van der Waals surface area contributed by atoms with E-state index >= 15 is 0 Å². The highest BCUT2D eigenvalue weighted by Gasteiger charge is 2.39. The molecule has 1 aliphatic rings. The molecule has 2 heterocycles. The average Bonchev–Trinajstić information content (AvgIpc) is 2.82. The van der Waals surface area contributed by atoms with Crippen LogP contribution in [0.2, 0.25) is 5.02 Å². The fourth-order valence-electron chi connectivity index (χ4n) is 2.70. The van der Waals surface area contributed by atoms with Gasteiger partial charge < -0.3 is 5.32 Å². The molecule has 112 valence electrons. The third kappa shape index (κ3) is 3.01. The molecule has 1 aromatic heterocycles. The van der Waals surface area contributed by atoms with Crippen molar-refractivity contribution in [3.63, 3.8) is 0 Å². The van der Waals surface area contributed by atoms with E-state index in [1.54, 1.807) is 11.3 Å². The Morgan fingerprint density at radius 1 is 1.33 bits per heavy atom. The molecule has 0 bridgehead atoms. The topological polar surface area (TPSA) is 24.9 Å². The second-order valence-corrected chi connectivity index (χ2v) is 8.33. The van der Waals surface area contributed by atoms with Crippen LogP contribution < -0.4 is 5.32 Å². The third-order valence-electron chi connectivity index (χ3n) is 4.17. The van der Waals surface area contributed by atoms with Crippen LogP contribution in [0.5, 0.6) is 0 Å². The highest BCUT2D eigenvalue weighted by Crippen LogP contribution is 2.35. The van der Waals surface area contributed by atoms with Gasteiger partial charge in [-0.1, -0.05) is 44.5 Å². The van der Waals surface area contributed by atoms with E-state index < -0.39 is 0 Å². The Bertz CT molecular complexity index is 638. The Morgan fingerprint density at radius 2 is 2.10 bits per heavy atom. The predicted molar refractivity (Wildman–Crippen MR) is 90.5 cm³/mol. The summed E-state index contributed by atoms with van der Waals surface area (Å²) in [4.78, 5) is 4.85. The summed E-state index contributed by atoms with van der Waals surface area (Å²) in [5.74, 6) is 0. The number of nitrogens with one attached hydrogen (secondary N) is 1. The summed E-state index contributed by atoms with van der Waals surface area (Å²) in [7, 11) is 0. The normalized spacial score (nSPS) is 17.5. The summed E-state index contributed by atoms with van der Waals surface area (Å²) in [5.41, 5.74) is 2.78. The molecule has 0 amide bonds. The molecule has 4 heteroatoms. The number of aromatic nitrogens is 1. The van der Waals surface area contributed by atoms with Crippen molar-refractivity contribution in [2.75, 3.05) is 13.1 Å². The van der Waals surface area contributed by atoms with E-state index in [9.17, 15) is 0 Å². The van der Waals surface area contributed by atoms with E-state index in [0.717, 1.165) is 24.5 Å². The number of rotatable bonds is 3. The van der Waals surface area contributed by atoms with Gasteiger partial charge in [0.05, 0.1) is 10.7 Å². The second kappa shape index (κ2) is 5.38. The summed E-state index contributed by atoms with van der Waals surface area (Å²) >= 11 is 7.95. The molecular formula is C17H21ClN2S. The molecule has 3 rings (SSSR count). The SMILES string of the molecule is CC(C)(C)c1csc(CC2(c3cccc(Cl)c3)CNC2)n1. The molecule has 2 aromatic rings. The van der Waals surface area contributed by atoms with Crippen LogP contribution in [0.15, 0.2) is 29.6 Å². The maximum absolute atomic E-state index is 6.17. The fraction of sp³-hybridized carbons (Fsp3) is 0.471. The van der Waals surface area contributed by atoms with Gasteiger partial charge in [-0.15, -0.1) is 11.3 Å². The summed E-state index contributed by atoms with van der Waals surface area (Å²) in [6.45, 7) is 8.63. The van der Waals surface area contributed by atoms with Gasteiger partial charge >= 0.3 is 0 Å². The van der Waals surface area contributed by atoms with Gasteiger partial charge in [-0.3, -0.25) is 0 Å². The van der Waals surface area contributed by atoms with Gasteiger partial charge in [0.15, 0.2) is 0 Å². The Morgan fingerprint density at radius 3 is 2.62 bits per heavy atom. The number of hydrogen-bond acceptors (Lipinski definition) is 3. The first kappa shape index (κ1) is 15.0. The van der Waals surface area contributed by atoms with E-state index in [4.69, 9.17) is 16.6 Å². The molecule has 0 atom stereocenters. The summed E-state index contributed by atoms with van der Waals surface area (Å²) in [6.07, 6.45) is 0.987. The lowest BCUT2D eigenvalue weighted by molar-refractivity contribution is 0.274. The van der Waals surface area contributed by atoms with Gasteiger partial charge in [0.2, 0.25) is 0 Å². The van der Waals surface area contributed by atoms with Crippen molar-refractivity contribution in [2.24, 2.45) is 0 Å². The Labute approximate surface area is 135 Å². The van der Waals surface area contributed by atoms with Crippen LogP contribution in [-0.2, 0) is 17.3 Å². The van der Waals surface area contributed by atoms with Crippen LogP contribution >= 0.6 is 22.9 Å². The molecule has 1 N–H and O–H groups in total. The van der Waals surface area contributed by atoms with Gasteiger partial charge in [0.1, 0.15) is 0 Å². The van der Waals surface area contributed by atoms with Crippen molar-refractivity contribution in [1.82, 2.24) is 10.3 Å². The molecule has 1 aliphatic heterocycles. The highest BCUT2D eigenvalue weighted by molar-refractivity contribution is 7.09. The number of thiazole rings is 1. The molecule has 0 spiro atoms. The lowest BCUT2D eigenvalue weighted by Gasteiger charge is -2.43. The highest BCUT2D eigenvalue weighted by atomic mass is 35.5. The molecule has 0 saturated carbocycles. The summed E-state index contributed by atoms with van der Waals surface area (Å²) in [5, 5.41) is 7.65. The minimum atomic E-state index is 0.121. The Balaban J connectivity index is 1.86. The second-order valence-electron chi connectivity index (χ2n) is 6.95. The van der Waals surface area contributed by atoms with Crippen molar-refractivity contribution < 1.29 is 0 Å². The third-order valence-corrected chi connectivity index (χ3v) is 5.26. The molecule has 2 nitrogen and oxygen atoms in total. The molecule has 1 aromatic carbocycles. The smallest absolute Gasteiger partial charge is 0.0938 e.